The van der Waals surface area contributed by atoms with E-state index in [-0.39, 0.29) is 44.9 Å². The molecule has 0 atom stereocenters. The maximum absolute atomic E-state index is 12.6. The molecule has 4 fully saturated rings. The first-order valence-corrected chi connectivity index (χ1v) is 24.6. The number of methoxy groups -OCH3 is 1. The van der Waals surface area contributed by atoms with Crippen LogP contribution in [-0.4, -0.2) is 38.7 Å². The number of benzene rings is 5. The Hall–Kier alpha value is -5.79. The van der Waals surface area contributed by atoms with Crippen LogP contribution in [0.25, 0.3) is 0 Å². The smallest absolute Gasteiger partial charge is 0.270 e. The van der Waals surface area contributed by atoms with E-state index in [9.17, 15) is 47.2 Å². The molecule has 5 aromatic carbocycles. The van der Waals surface area contributed by atoms with Crippen LogP contribution in [0.5, 0.6) is 5.75 Å². The van der Waals surface area contributed by atoms with Crippen LogP contribution >= 0.6 is 11.6 Å². The molecule has 4 saturated carbocycles. The number of rotatable bonds is 13. The van der Waals surface area contributed by atoms with Crippen molar-refractivity contribution in [2.75, 3.05) is 7.11 Å². The Labute approximate surface area is 389 Å². The molecule has 9 rings (SSSR count). The first kappa shape index (κ1) is 49.6. The monoisotopic (exact) mass is 961 g/mol. The molecule has 350 valence electrons. The molecule has 0 radical (unpaired) electrons. The normalized spacial score (nSPS) is 19.5. The summed E-state index contributed by atoms with van der Waals surface area (Å²) in [7, 11) is -6.11. The van der Waals surface area contributed by atoms with Gasteiger partial charge in [-0.2, -0.15) is 0 Å². The number of ether oxygens (including phenoxy) is 1. The van der Waals surface area contributed by atoms with Gasteiger partial charge in [0.15, 0.2) is 0 Å². The highest BCUT2D eigenvalue weighted by molar-refractivity contribution is 7.89. The largest absolute Gasteiger partial charge is 0.496 e. The summed E-state index contributed by atoms with van der Waals surface area (Å²) < 4.78 is 60.4. The van der Waals surface area contributed by atoms with Crippen molar-refractivity contribution < 1.29 is 36.3 Å². The van der Waals surface area contributed by atoms with E-state index in [1.165, 1.54) is 103 Å². The molecule has 4 aliphatic carbocycles. The van der Waals surface area contributed by atoms with Gasteiger partial charge in [0, 0.05) is 60.1 Å². The Morgan fingerprint density at radius 2 is 0.970 bits per heavy atom. The summed E-state index contributed by atoms with van der Waals surface area (Å²) in [5.74, 6) is 3.33. The standard InChI is InChI=1S/C16H18N2O5S.C16H19NO2.C15H15ClN2O4S/c1-11-8-14(18(19)20)9-12(2)16(11)24(21,22)17-10-13-6-4-5-7-15(13)23-3;18-17(19)15-3-1-14(2-4-15)16-8-11-5-12(9-16)7-13(6-11)10-16;1-10-7-13(18(19)20)8-11(2)15(10)23(21,22)17-9-12-5-3-4-6-14(12)16/h4-9,17H,10H2,1-3H3;1-4,11-13H,5-10H2;3-8,17H,9H2,1-2H3. The highest BCUT2D eigenvalue weighted by Gasteiger charge is 2.51. The fraction of sp³-hybridized carbons (Fsp3) is 0.362. The number of nitrogens with one attached hydrogen (secondary N) is 2. The first-order valence-electron chi connectivity index (χ1n) is 21.2. The molecule has 0 amide bonds. The summed E-state index contributed by atoms with van der Waals surface area (Å²) in [5, 5.41) is 32.9. The van der Waals surface area contributed by atoms with E-state index < -0.39 is 29.9 Å². The quantitative estimate of drug-likeness (QED) is 0.0832. The minimum Gasteiger partial charge on any atom is -0.496 e. The molecule has 4 aliphatic rings. The van der Waals surface area contributed by atoms with Crippen LogP contribution in [0.1, 0.15) is 77.5 Å². The topological polar surface area (TPSA) is 231 Å². The van der Waals surface area contributed by atoms with E-state index in [2.05, 4.69) is 9.44 Å². The minimum absolute atomic E-state index is 0.0396. The van der Waals surface area contributed by atoms with Crippen LogP contribution in [0.3, 0.4) is 0 Å². The highest BCUT2D eigenvalue weighted by atomic mass is 35.5. The minimum atomic E-state index is -3.82. The molecule has 16 nitrogen and oxygen atoms in total. The lowest BCUT2D eigenvalue weighted by Crippen LogP contribution is -2.48. The van der Waals surface area contributed by atoms with E-state index in [0.29, 0.717) is 49.6 Å². The van der Waals surface area contributed by atoms with Gasteiger partial charge in [-0.3, -0.25) is 30.3 Å². The Bertz CT molecular complexity index is 2790. The fourth-order valence-electron chi connectivity index (χ4n) is 10.3. The van der Waals surface area contributed by atoms with Gasteiger partial charge in [-0.15, -0.1) is 0 Å². The van der Waals surface area contributed by atoms with Crippen LogP contribution in [0.15, 0.2) is 107 Å². The lowest BCUT2D eigenvalue weighted by molar-refractivity contribution is -0.385. The van der Waals surface area contributed by atoms with Crippen LogP contribution in [0.4, 0.5) is 17.1 Å². The zero-order chi connectivity index (χ0) is 48.1. The van der Waals surface area contributed by atoms with Gasteiger partial charge in [0.1, 0.15) is 5.75 Å². The van der Waals surface area contributed by atoms with E-state index >= 15 is 0 Å². The Kier molecular flexibility index (Phi) is 15.3. The molecular weight excluding hydrogens is 910 g/mol. The molecule has 0 aliphatic heterocycles. The third kappa shape index (κ3) is 11.4. The Morgan fingerprint density at radius 1 is 0.591 bits per heavy atom. The predicted molar refractivity (Wildman–Crippen MR) is 251 cm³/mol. The third-order valence-corrected chi connectivity index (χ3v) is 16.4. The molecule has 0 unspecified atom stereocenters. The number of sulfonamides is 2. The molecule has 0 spiro atoms. The molecule has 0 aromatic heterocycles. The van der Waals surface area contributed by atoms with E-state index in [1.54, 1.807) is 60.7 Å². The van der Waals surface area contributed by atoms with Crippen molar-refractivity contribution in [3.05, 3.63) is 171 Å². The number of halogens is 1. The van der Waals surface area contributed by atoms with Crippen molar-refractivity contribution in [1.29, 1.82) is 0 Å². The maximum atomic E-state index is 12.6. The van der Waals surface area contributed by atoms with Gasteiger partial charge < -0.3 is 4.74 Å². The lowest BCUT2D eigenvalue weighted by Gasteiger charge is -2.57. The van der Waals surface area contributed by atoms with Crippen molar-refractivity contribution in [1.82, 2.24) is 9.44 Å². The van der Waals surface area contributed by atoms with E-state index in [4.69, 9.17) is 16.3 Å². The van der Waals surface area contributed by atoms with E-state index in [0.717, 1.165) is 17.8 Å². The van der Waals surface area contributed by atoms with Crippen LogP contribution in [0, 0.1) is 75.8 Å². The number of para-hydroxylation sites is 1. The highest BCUT2D eigenvalue weighted by Crippen LogP contribution is 2.60. The van der Waals surface area contributed by atoms with Crippen molar-refractivity contribution in [2.24, 2.45) is 17.8 Å². The Balaban J connectivity index is 0.000000164. The molecular formula is C47H52ClN5O11S2. The van der Waals surface area contributed by atoms with Gasteiger partial charge in [0.05, 0.1) is 31.7 Å². The van der Waals surface area contributed by atoms with Crippen molar-refractivity contribution in [2.45, 2.75) is 94.5 Å². The number of hydrogen-bond acceptors (Lipinski definition) is 11. The van der Waals surface area contributed by atoms with Crippen LogP contribution in [0.2, 0.25) is 5.02 Å². The SMILES string of the molecule is COc1ccccc1CNS(=O)(=O)c1c(C)cc([N+](=O)[O-])cc1C.Cc1cc([N+](=O)[O-])cc(C)c1S(=O)(=O)NCc1ccccc1Cl.O=[N+]([O-])c1ccc(C23CC4CC(CC(C4)C2)C3)cc1. The molecule has 0 heterocycles. The summed E-state index contributed by atoms with van der Waals surface area (Å²) in [6.45, 7) is 6.24. The number of hydrogen-bond donors (Lipinski definition) is 2. The second kappa shape index (κ2) is 20.4. The van der Waals surface area contributed by atoms with Gasteiger partial charge in [-0.1, -0.05) is 60.1 Å². The lowest BCUT2D eigenvalue weighted by atomic mass is 9.48. The average molecular weight is 963 g/mol. The molecule has 5 aromatic rings. The maximum Gasteiger partial charge on any atom is 0.270 e. The third-order valence-electron chi connectivity index (χ3n) is 12.6. The summed E-state index contributed by atoms with van der Waals surface area (Å²) >= 11 is 6.01. The Morgan fingerprint density at radius 3 is 1.36 bits per heavy atom. The number of nitrogens with zero attached hydrogens (tertiary/aromatic N) is 3. The first-order chi connectivity index (χ1) is 31.1. The summed E-state index contributed by atoms with van der Waals surface area (Å²) in [4.78, 5) is 31.2. The summed E-state index contributed by atoms with van der Waals surface area (Å²) in [5.41, 5.74) is 4.31. The predicted octanol–water partition coefficient (Wildman–Crippen LogP) is 10.1. The number of aryl methyl sites for hydroxylation is 4. The number of nitro benzene ring substituents is 3. The number of nitro groups is 3. The van der Waals surface area contributed by atoms with Crippen molar-refractivity contribution >= 4 is 48.7 Å². The van der Waals surface area contributed by atoms with Gasteiger partial charge in [-0.25, -0.2) is 26.3 Å². The summed E-state index contributed by atoms with van der Waals surface area (Å²) in [6, 6.07) is 26.4. The van der Waals surface area contributed by atoms with Gasteiger partial charge >= 0.3 is 0 Å². The van der Waals surface area contributed by atoms with Crippen molar-refractivity contribution in [3.8, 4) is 5.75 Å². The molecule has 0 saturated heterocycles. The zero-order valence-corrected chi connectivity index (χ0v) is 39.5. The van der Waals surface area contributed by atoms with Crippen LogP contribution in [-0.2, 0) is 38.6 Å². The second-order valence-electron chi connectivity index (χ2n) is 17.4. The van der Waals surface area contributed by atoms with Gasteiger partial charge in [0.25, 0.3) is 17.1 Å². The average Bonchev–Trinajstić information content (AvgIpc) is 3.25. The van der Waals surface area contributed by atoms with Crippen molar-refractivity contribution in [3.63, 3.8) is 0 Å². The number of non-ortho nitro benzene ring substituents is 3. The molecule has 2 N–H and O–H groups in total. The summed E-state index contributed by atoms with van der Waals surface area (Å²) in [6.07, 6.45) is 8.26. The molecule has 4 bridgehead atoms. The van der Waals surface area contributed by atoms with Gasteiger partial charge in [0.2, 0.25) is 20.0 Å². The zero-order valence-electron chi connectivity index (χ0n) is 37.2. The molecule has 19 heteroatoms. The fourth-order valence-corrected chi connectivity index (χ4v) is 13.4. The van der Waals surface area contributed by atoms with Crippen LogP contribution < -0.4 is 14.2 Å². The second-order valence-corrected chi connectivity index (χ2v) is 21.2. The van der Waals surface area contributed by atoms with E-state index in [1.807, 2.05) is 12.1 Å². The van der Waals surface area contributed by atoms with Gasteiger partial charge in [-0.05, 0) is 135 Å². The molecule has 66 heavy (non-hydrogen) atoms.